The Morgan fingerprint density at radius 3 is 2.58 bits per heavy atom. The zero-order chi connectivity index (χ0) is 25.7. The third kappa shape index (κ3) is 5.72. The normalized spacial score (nSPS) is 14.4. The molecular weight excluding hydrogens is 487 g/mol. The van der Waals surface area contributed by atoms with Gasteiger partial charge in [-0.3, -0.25) is 24.6 Å². The number of carbonyl (C=O) groups is 2. The number of hydrogen-bond donors (Lipinski definition) is 0. The van der Waals surface area contributed by atoms with Gasteiger partial charge in [0.2, 0.25) is 0 Å². The maximum absolute atomic E-state index is 14.0. The fraction of sp³-hybridized carbons (Fsp3) is 0.154. The Morgan fingerprint density at radius 1 is 1.03 bits per heavy atom. The van der Waals surface area contributed by atoms with Crippen LogP contribution in [0.2, 0.25) is 0 Å². The summed E-state index contributed by atoms with van der Waals surface area (Å²) < 4.78 is 25.5. The predicted molar refractivity (Wildman–Crippen MR) is 133 cm³/mol. The topological polar surface area (TPSA) is 99.0 Å². The SMILES string of the molecule is CCOc1cc(/C=C2\SC(=O)N(Cc3ccccc3F)C2=O)ccc1OCc1cccc([N+](=O)[O-])c1. The fourth-order valence-corrected chi connectivity index (χ4v) is 4.35. The first kappa shape index (κ1) is 24.9. The standard InChI is InChI=1S/C26H21FN2O6S/c1-2-34-23-13-17(10-11-22(23)35-16-18-6-5-8-20(12-18)29(32)33)14-24-25(30)28(26(31)36-24)15-19-7-3-4-9-21(19)27/h3-14H,2,15-16H2,1H3/b24-14-. The molecule has 0 aliphatic carbocycles. The lowest BCUT2D eigenvalue weighted by atomic mass is 10.1. The van der Waals surface area contributed by atoms with Crippen LogP contribution in [0.4, 0.5) is 14.9 Å². The van der Waals surface area contributed by atoms with Gasteiger partial charge in [-0.05, 0) is 54.1 Å². The van der Waals surface area contributed by atoms with Crippen molar-refractivity contribution in [3.63, 3.8) is 0 Å². The van der Waals surface area contributed by atoms with Crippen molar-refractivity contribution in [3.05, 3.63) is 104 Å². The van der Waals surface area contributed by atoms with E-state index in [1.165, 1.54) is 24.3 Å². The minimum Gasteiger partial charge on any atom is -0.490 e. The van der Waals surface area contributed by atoms with E-state index in [1.807, 2.05) is 6.92 Å². The number of nitro benzene ring substituents is 1. The Balaban J connectivity index is 1.51. The first-order chi connectivity index (χ1) is 17.4. The van der Waals surface area contributed by atoms with E-state index >= 15 is 0 Å². The van der Waals surface area contributed by atoms with E-state index in [0.29, 0.717) is 29.2 Å². The van der Waals surface area contributed by atoms with E-state index in [2.05, 4.69) is 0 Å². The molecule has 1 aliphatic heterocycles. The summed E-state index contributed by atoms with van der Waals surface area (Å²) in [4.78, 5) is 37.0. The molecule has 4 rings (SSSR count). The maximum atomic E-state index is 14.0. The van der Waals surface area contributed by atoms with E-state index < -0.39 is 21.9 Å². The molecule has 8 nitrogen and oxygen atoms in total. The monoisotopic (exact) mass is 508 g/mol. The van der Waals surface area contributed by atoms with Crippen molar-refractivity contribution in [2.24, 2.45) is 0 Å². The van der Waals surface area contributed by atoms with Crippen LogP contribution >= 0.6 is 11.8 Å². The zero-order valence-corrected chi connectivity index (χ0v) is 20.0. The summed E-state index contributed by atoms with van der Waals surface area (Å²) in [5.41, 5.74) is 1.46. The van der Waals surface area contributed by atoms with Crippen molar-refractivity contribution in [1.82, 2.24) is 4.90 Å². The molecular formula is C26H21FN2O6S. The van der Waals surface area contributed by atoms with Crippen LogP contribution in [-0.4, -0.2) is 27.6 Å². The van der Waals surface area contributed by atoms with Crippen LogP contribution in [0.25, 0.3) is 6.08 Å². The molecule has 0 spiro atoms. The van der Waals surface area contributed by atoms with Gasteiger partial charge in [-0.25, -0.2) is 4.39 Å². The van der Waals surface area contributed by atoms with Gasteiger partial charge in [0, 0.05) is 17.7 Å². The second-order valence-corrected chi connectivity index (χ2v) is 8.71. The van der Waals surface area contributed by atoms with Gasteiger partial charge in [0.25, 0.3) is 16.8 Å². The molecule has 10 heteroatoms. The number of carbonyl (C=O) groups excluding carboxylic acids is 2. The second-order valence-electron chi connectivity index (χ2n) is 7.71. The number of halogens is 1. The van der Waals surface area contributed by atoms with E-state index in [9.17, 15) is 24.1 Å². The van der Waals surface area contributed by atoms with Gasteiger partial charge in [0.05, 0.1) is 23.0 Å². The molecule has 0 bridgehead atoms. The Morgan fingerprint density at radius 2 is 1.83 bits per heavy atom. The Bertz CT molecular complexity index is 1360. The molecule has 1 heterocycles. The molecule has 36 heavy (non-hydrogen) atoms. The highest BCUT2D eigenvalue weighted by molar-refractivity contribution is 8.18. The van der Waals surface area contributed by atoms with Crippen LogP contribution in [-0.2, 0) is 17.9 Å². The van der Waals surface area contributed by atoms with Gasteiger partial charge >= 0.3 is 0 Å². The van der Waals surface area contributed by atoms with Gasteiger partial charge in [0.1, 0.15) is 12.4 Å². The molecule has 0 saturated carbocycles. The number of hydrogen-bond acceptors (Lipinski definition) is 7. The lowest BCUT2D eigenvalue weighted by molar-refractivity contribution is -0.384. The second kappa shape index (κ2) is 11.0. The summed E-state index contributed by atoms with van der Waals surface area (Å²) in [7, 11) is 0. The quantitative estimate of drug-likeness (QED) is 0.200. The lowest BCUT2D eigenvalue weighted by Gasteiger charge is -2.13. The highest BCUT2D eigenvalue weighted by atomic mass is 32.2. The largest absolute Gasteiger partial charge is 0.490 e. The number of nitro groups is 1. The maximum Gasteiger partial charge on any atom is 0.293 e. The molecule has 3 aromatic rings. The molecule has 184 valence electrons. The fourth-order valence-electron chi connectivity index (χ4n) is 3.51. The van der Waals surface area contributed by atoms with E-state index in [0.717, 1.165) is 16.7 Å². The third-order valence-electron chi connectivity index (χ3n) is 5.24. The molecule has 1 aliphatic rings. The highest BCUT2D eigenvalue weighted by Crippen LogP contribution is 2.36. The number of imide groups is 1. The first-order valence-electron chi connectivity index (χ1n) is 11.0. The molecule has 2 amide bonds. The molecule has 1 fully saturated rings. The van der Waals surface area contributed by atoms with Crippen molar-refractivity contribution < 1.29 is 28.4 Å². The number of non-ortho nitro benzene ring substituents is 1. The van der Waals surface area contributed by atoms with E-state index in [-0.39, 0.29) is 29.3 Å². The zero-order valence-electron chi connectivity index (χ0n) is 19.2. The number of benzene rings is 3. The Labute approximate surface area is 210 Å². The van der Waals surface area contributed by atoms with Crippen LogP contribution in [0.5, 0.6) is 11.5 Å². The van der Waals surface area contributed by atoms with Crippen molar-refractivity contribution in [1.29, 1.82) is 0 Å². The van der Waals surface area contributed by atoms with Crippen molar-refractivity contribution >= 4 is 34.7 Å². The summed E-state index contributed by atoms with van der Waals surface area (Å²) in [6.45, 7) is 2.11. The van der Waals surface area contributed by atoms with Crippen molar-refractivity contribution in [2.45, 2.75) is 20.1 Å². The Hall–Kier alpha value is -4.18. The molecule has 0 aromatic heterocycles. The molecule has 0 N–H and O–H groups in total. The molecule has 3 aromatic carbocycles. The van der Waals surface area contributed by atoms with Gasteiger partial charge in [-0.15, -0.1) is 0 Å². The summed E-state index contributed by atoms with van der Waals surface area (Å²) in [6, 6.07) is 17.2. The average molecular weight is 509 g/mol. The minimum atomic E-state index is -0.503. The first-order valence-corrected chi connectivity index (χ1v) is 11.8. The Kier molecular flexibility index (Phi) is 7.65. The molecule has 0 radical (unpaired) electrons. The summed E-state index contributed by atoms with van der Waals surface area (Å²) >= 11 is 0.785. The summed E-state index contributed by atoms with van der Waals surface area (Å²) in [6.07, 6.45) is 1.57. The van der Waals surface area contributed by atoms with Crippen LogP contribution in [0.15, 0.2) is 71.6 Å². The molecule has 0 atom stereocenters. The van der Waals surface area contributed by atoms with Crippen molar-refractivity contribution in [3.8, 4) is 11.5 Å². The molecule has 1 saturated heterocycles. The van der Waals surface area contributed by atoms with Gasteiger partial charge < -0.3 is 9.47 Å². The van der Waals surface area contributed by atoms with Crippen molar-refractivity contribution in [2.75, 3.05) is 6.61 Å². The summed E-state index contributed by atoms with van der Waals surface area (Å²) in [5, 5.41) is 10.5. The third-order valence-corrected chi connectivity index (χ3v) is 6.15. The number of rotatable bonds is 9. The van der Waals surface area contributed by atoms with Crippen LogP contribution in [0.1, 0.15) is 23.6 Å². The van der Waals surface area contributed by atoms with E-state index in [4.69, 9.17) is 9.47 Å². The summed E-state index contributed by atoms with van der Waals surface area (Å²) in [5.74, 6) is -0.143. The van der Waals surface area contributed by atoms with Gasteiger partial charge in [-0.2, -0.15) is 0 Å². The lowest BCUT2D eigenvalue weighted by Crippen LogP contribution is -2.27. The minimum absolute atomic E-state index is 0.0274. The van der Waals surface area contributed by atoms with Crippen LogP contribution in [0, 0.1) is 15.9 Å². The smallest absolute Gasteiger partial charge is 0.293 e. The van der Waals surface area contributed by atoms with Gasteiger partial charge in [0.15, 0.2) is 11.5 Å². The number of nitrogens with zero attached hydrogens (tertiary/aromatic N) is 2. The predicted octanol–water partition coefficient (Wildman–Crippen LogP) is 5.95. The highest BCUT2D eigenvalue weighted by Gasteiger charge is 2.35. The van der Waals surface area contributed by atoms with Gasteiger partial charge in [-0.1, -0.05) is 36.4 Å². The van der Waals surface area contributed by atoms with Crippen LogP contribution < -0.4 is 9.47 Å². The number of amides is 2. The van der Waals surface area contributed by atoms with Crippen LogP contribution in [0.3, 0.4) is 0 Å². The number of ether oxygens (including phenoxy) is 2. The molecule has 0 unspecified atom stereocenters. The number of thioether (sulfide) groups is 1. The van der Waals surface area contributed by atoms with E-state index in [1.54, 1.807) is 48.5 Å². The average Bonchev–Trinajstić information content (AvgIpc) is 3.12.